The molecule has 7 heteroatoms. The molecule has 0 aliphatic heterocycles. The standard InChI is InChI=1S/C22H27N3O3S/c1-5-24(6-2)17-12-10-16(11-13-17)21(26)23-22-25(14-15-27-3)20-18(28-4)8-7-9-19(20)29-22/h7-13H,5-6,14-15H2,1-4H3. The van der Waals surface area contributed by atoms with Crippen LogP contribution in [0, 0.1) is 0 Å². The van der Waals surface area contributed by atoms with Gasteiger partial charge >= 0.3 is 0 Å². The molecule has 1 amide bonds. The van der Waals surface area contributed by atoms with E-state index in [4.69, 9.17) is 9.47 Å². The van der Waals surface area contributed by atoms with Crippen LogP contribution in [0.3, 0.4) is 0 Å². The molecule has 0 spiro atoms. The number of thiazole rings is 1. The number of carbonyl (C=O) groups is 1. The molecule has 0 fully saturated rings. The molecule has 6 nitrogen and oxygen atoms in total. The molecule has 0 saturated carbocycles. The Morgan fingerprint density at radius 2 is 1.83 bits per heavy atom. The summed E-state index contributed by atoms with van der Waals surface area (Å²) >= 11 is 1.47. The van der Waals surface area contributed by atoms with Crippen molar-refractivity contribution in [3.63, 3.8) is 0 Å². The van der Waals surface area contributed by atoms with Crippen LogP contribution >= 0.6 is 11.3 Å². The Morgan fingerprint density at radius 1 is 1.10 bits per heavy atom. The summed E-state index contributed by atoms with van der Waals surface area (Å²) < 4.78 is 13.8. The molecule has 0 radical (unpaired) electrons. The minimum Gasteiger partial charge on any atom is -0.495 e. The molecule has 2 aromatic carbocycles. The molecule has 0 atom stereocenters. The van der Waals surface area contributed by atoms with Gasteiger partial charge in [-0.2, -0.15) is 4.99 Å². The largest absolute Gasteiger partial charge is 0.495 e. The molecule has 3 aromatic rings. The minimum atomic E-state index is -0.257. The highest BCUT2D eigenvalue weighted by atomic mass is 32.1. The highest BCUT2D eigenvalue weighted by molar-refractivity contribution is 7.16. The van der Waals surface area contributed by atoms with Gasteiger partial charge in [-0.15, -0.1) is 0 Å². The lowest BCUT2D eigenvalue weighted by atomic mass is 10.2. The van der Waals surface area contributed by atoms with Crippen LogP contribution in [0.2, 0.25) is 0 Å². The van der Waals surface area contributed by atoms with Gasteiger partial charge in [0.25, 0.3) is 5.91 Å². The molecule has 0 bridgehead atoms. The zero-order valence-electron chi connectivity index (χ0n) is 17.3. The fourth-order valence-electron chi connectivity index (χ4n) is 3.29. The van der Waals surface area contributed by atoms with Crippen molar-refractivity contribution in [3.05, 3.63) is 52.8 Å². The monoisotopic (exact) mass is 413 g/mol. The lowest BCUT2D eigenvalue weighted by Gasteiger charge is -2.20. The van der Waals surface area contributed by atoms with Crippen LogP contribution in [0.4, 0.5) is 5.69 Å². The summed E-state index contributed by atoms with van der Waals surface area (Å²) in [6.07, 6.45) is 0. The summed E-state index contributed by atoms with van der Waals surface area (Å²) in [5.41, 5.74) is 2.61. The predicted octanol–water partition coefficient (Wildman–Crippen LogP) is 3.95. The number of hydrogen-bond acceptors (Lipinski definition) is 5. The Balaban J connectivity index is 2.01. The molecule has 1 aromatic heterocycles. The lowest BCUT2D eigenvalue weighted by Crippen LogP contribution is -2.21. The van der Waals surface area contributed by atoms with E-state index in [0.717, 1.165) is 34.7 Å². The number of methoxy groups -OCH3 is 2. The molecule has 0 saturated heterocycles. The summed E-state index contributed by atoms with van der Waals surface area (Å²) in [7, 11) is 3.30. The summed E-state index contributed by atoms with van der Waals surface area (Å²) in [6.45, 7) is 7.20. The molecule has 0 aliphatic rings. The van der Waals surface area contributed by atoms with Crippen LogP contribution in [-0.4, -0.2) is 44.4 Å². The average molecular weight is 414 g/mol. The predicted molar refractivity (Wildman–Crippen MR) is 118 cm³/mol. The number of benzene rings is 2. The zero-order valence-corrected chi connectivity index (χ0v) is 18.2. The van der Waals surface area contributed by atoms with Crippen molar-refractivity contribution >= 4 is 33.1 Å². The summed E-state index contributed by atoms with van der Waals surface area (Å²) in [6, 6.07) is 13.5. The van der Waals surface area contributed by atoms with Crippen molar-refractivity contribution in [2.75, 3.05) is 38.8 Å². The molecule has 3 rings (SSSR count). The smallest absolute Gasteiger partial charge is 0.279 e. The number of fused-ring (bicyclic) bond motifs is 1. The molecular weight excluding hydrogens is 386 g/mol. The third-order valence-electron chi connectivity index (χ3n) is 4.84. The number of anilines is 1. The van der Waals surface area contributed by atoms with E-state index >= 15 is 0 Å². The Morgan fingerprint density at radius 3 is 2.45 bits per heavy atom. The maximum Gasteiger partial charge on any atom is 0.279 e. The Labute approximate surface area is 175 Å². The number of carbonyl (C=O) groups excluding carboxylic acids is 1. The number of ether oxygens (including phenoxy) is 2. The summed E-state index contributed by atoms with van der Waals surface area (Å²) in [4.78, 5) is 20.1. The van der Waals surface area contributed by atoms with Crippen LogP contribution in [0.15, 0.2) is 47.5 Å². The second-order valence-electron chi connectivity index (χ2n) is 6.47. The summed E-state index contributed by atoms with van der Waals surface area (Å²) in [5, 5.41) is 0. The number of amides is 1. The van der Waals surface area contributed by atoms with Gasteiger partial charge in [0.1, 0.15) is 11.3 Å². The molecule has 0 N–H and O–H groups in total. The van der Waals surface area contributed by atoms with Crippen LogP contribution in [-0.2, 0) is 11.3 Å². The summed E-state index contributed by atoms with van der Waals surface area (Å²) in [5.74, 6) is 0.500. The first-order chi connectivity index (χ1) is 14.1. The molecule has 29 heavy (non-hydrogen) atoms. The number of aromatic nitrogens is 1. The first-order valence-electron chi connectivity index (χ1n) is 9.72. The third kappa shape index (κ3) is 4.52. The van der Waals surface area contributed by atoms with E-state index in [1.54, 1.807) is 14.2 Å². The maximum absolute atomic E-state index is 12.8. The van der Waals surface area contributed by atoms with Gasteiger partial charge in [-0.25, -0.2) is 0 Å². The van der Waals surface area contributed by atoms with Gasteiger partial charge in [-0.1, -0.05) is 17.4 Å². The highest BCUT2D eigenvalue weighted by Gasteiger charge is 2.13. The van der Waals surface area contributed by atoms with Crippen molar-refractivity contribution in [1.82, 2.24) is 4.57 Å². The fraction of sp³-hybridized carbons (Fsp3) is 0.364. The van der Waals surface area contributed by atoms with E-state index in [-0.39, 0.29) is 5.91 Å². The molecule has 154 valence electrons. The molecular formula is C22H27N3O3S. The molecule has 0 unspecified atom stereocenters. The van der Waals surface area contributed by atoms with Gasteiger partial charge in [-0.3, -0.25) is 4.79 Å². The van der Waals surface area contributed by atoms with Gasteiger partial charge in [0, 0.05) is 38.0 Å². The van der Waals surface area contributed by atoms with E-state index in [2.05, 4.69) is 23.7 Å². The Hall–Kier alpha value is -2.64. The van der Waals surface area contributed by atoms with E-state index in [0.29, 0.717) is 23.5 Å². The highest BCUT2D eigenvalue weighted by Crippen LogP contribution is 2.27. The van der Waals surface area contributed by atoms with Crippen molar-refractivity contribution in [1.29, 1.82) is 0 Å². The van der Waals surface area contributed by atoms with E-state index in [9.17, 15) is 4.79 Å². The zero-order chi connectivity index (χ0) is 20.8. The first-order valence-corrected chi connectivity index (χ1v) is 10.5. The van der Waals surface area contributed by atoms with Gasteiger partial charge < -0.3 is 18.9 Å². The topological polar surface area (TPSA) is 56.1 Å². The number of hydrogen-bond donors (Lipinski definition) is 0. The average Bonchev–Trinajstić information content (AvgIpc) is 3.10. The van der Waals surface area contributed by atoms with Gasteiger partial charge in [0.05, 0.1) is 18.4 Å². The Bertz CT molecular complexity index is 1030. The van der Waals surface area contributed by atoms with Gasteiger partial charge in [-0.05, 0) is 50.2 Å². The number of para-hydroxylation sites is 1. The Kier molecular flexibility index (Phi) is 7.06. The van der Waals surface area contributed by atoms with Crippen molar-refractivity contribution in [2.24, 2.45) is 4.99 Å². The lowest BCUT2D eigenvalue weighted by molar-refractivity contribution is 0.0997. The minimum absolute atomic E-state index is 0.257. The second kappa shape index (κ2) is 9.71. The maximum atomic E-state index is 12.8. The van der Waals surface area contributed by atoms with Crippen LogP contribution < -0.4 is 14.4 Å². The van der Waals surface area contributed by atoms with Crippen molar-refractivity contribution < 1.29 is 14.3 Å². The van der Waals surface area contributed by atoms with E-state index < -0.39 is 0 Å². The van der Waals surface area contributed by atoms with Gasteiger partial charge in [0.15, 0.2) is 4.80 Å². The van der Waals surface area contributed by atoms with Crippen LogP contribution in [0.25, 0.3) is 10.2 Å². The van der Waals surface area contributed by atoms with Crippen LogP contribution in [0.5, 0.6) is 5.75 Å². The SMILES string of the molecule is CCN(CC)c1ccc(C(=O)N=c2sc3cccc(OC)c3n2CCOC)cc1. The third-order valence-corrected chi connectivity index (χ3v) is 5.89. The van der Waals surface area contributed by atoms with Gasteiger partial charge in [0.2, 0.25) is 0 Å². The van der Waals surface area contributed by atoms with Crippen molar-refractivity contribution in [2.45, 2.75) is 20.4 Å². The van der Waals surface area contributed by atoms with Crippen LogP contribution in [0.1, 0.15) is 24.2 Å². The van der Waals surface area contributed by atoms with Crippen molar-refractivity contribution in [3.8, 4) is 5.75 Å². The number of rotatable bonds is 8. The fourth-order valence-corrected chi connectivity index (χ4v) is 4.36. The molecule has 1 heterocycles. The quantitative estimate of drug-likeness (QED) is 0.561. The second-order valence-corrected chi connectivity index (χ2v) is 7.48. The van der Waals surface area contributed by atoms with E-state index in [1.807, 2.05) is 47.0 Å². The van der Waals surface area contributed by atoms with E-state index in [1.165, 1.54) is 11.3 Å². The normalized spacial score (nSPS) is 11.8. The number of nitrogens with zero attached hydrogens (tertiary/aromatic N) is 3. The molecule has 0 aliphatic carbocycles. The first kappa shape index (κ1) is 21.1.